The van der Waals surface area contributed by atoms with Crippen LogP contribution in [0.25, 0.3) is 11.2 Å². The fraction of sp³-hybridized carbons (Fsp3) is 0.611. The average Bonchev–Trinajstić information content (AvgIpc) is 3.30. The standard InChI is InChI=1S/C18H24N5O8P/c1-3-5-11(24)22-16-13-17(20-8-19-16)23(9-21-13)18-15(30-12(25)6-4-2)14-10(29-18)7-28-32(26,27)31-14/h8-10,14-15,18H,3-7H2,1-2H3,(H,26,27)(H,19,20,22,24)/t10-,14-,15-,18?/m1/s1. The highest BCUT2D eigenvalue weighted by Gasteiger charge is 2.55. The predicted molar refractivity (Wildman–Crippen MR) is 108 cm³/mol. The number of amides is 1. The molecule has 1 amide bonds. The molecule has 2 saturated heterocycles. The molecule has 2 fully saturated rings. The lowest BCUT2D eigenvalue weighted by atomic mass is 10.1. The summed E-state index contributed by atoms with van der Waals surface area (Å²) < 4.78 is 35.1. The van der Waals surface area contributed by atoms with Crippen molar-refractivity contribution in [2.45, 2.75) is 64.1 Å². The molecule has 2 aliphatic heterocycles. The molecule has 2 aromatic rings. The number of phosphoric ester groups is 1. The van der Waals surface area contributed by atoms with E-state index in [1.165, 1.54) is 17.2 Å². The lowest BCUT2D eigenvalue weighted by Crippen LogP contribution is -2.41. The number of phosphoric acid groups is 1. The van der Waals surface area contributed by atoms with Gasteiger partial charge in [0.1, 0.15) is 18.5 Å². The van der Waals surface area contributed by atoms with Crippen LogP contribution in [-0.2, 0) is 32.7 Å². The molecule has 0 saturated carbocycles. The minimum Gasteiger partial charge on any atom is -0.455 e. The van der Waals surface area contributed by atoms with E-state index in [-0.39, 0.29) is 24.8 Å². The molecule has 2 unspecified atom stereocenters. The van der Waals surface area contributed by atoms with Gasteiger partial charge in [-0.15, -0.1) is 0 Å². The van der Waals surface area contributed by atoms with Gasteiger partial charge in [0.2, 0.25) is 5.91 Å². The highest BCUT2D eigenvalue weighted by Crippen LogP contribution is 2.53. The predicted octanol–water partition coefficient (Wildman–Crippen LogP) is 1.69. The van der Waals surface area contributed by atoms with Crippen LogP contribution in [0.4, 0.5) is 5.82 Å². The molecule has 5 atom stereocenters. The summed E-state index contributed by atoms with van der Waals surface area (Å²) in [6.45, 7) is 3.50. The minimum atomic E-state index is -4.30. The molecule has 2 aliphatic rings. The van der Waals surface area contributed by atoms with E-state index in [0.717, 1.165) is 0 Å². The van der Waals surface area contributed by atoms with E-state index in [4.69, 9.17) is 18.5 Å². The molecule has 14 heteroatoms. The third-order valence-corrected chi connectivity index (χ3v) is 6.02. The van der Waals surface area contributed by atoms with Crippen molar-refractivity contribution in [3.8, 4) is 0 Å². The number of fused-ring (bicyclic) bond motifs is 2. The number of hydrogen-bond acceptors (Lipinski definition) is 10. The van der Waals surface area contributed by atoms with Gasteiger partial charge in [-0.25, -0.2) is 19.5 Å². The number of carbonyl (C=O) groups is 2. The third-order valence-electron chi connectivity index (χ3n) is 5.03. The fourth-order valence-electron chi connectivity index (χ4n) is 3.64. The van der Waals surface area contributed by atoms with Crippen molar-refractivity contribution < 1.29 is 37.6 Å². The normalized spacial score (nSPS) is 29.6. The number of rotatable bonds is 7. The van der Waals surface area contributed by atoms with E-state index >= 15 is 0 Å². The highest BCUT2D eigenvalue weighted by molar-refractivity contribution is 7.47. The molecule has 0 aliphatic carbocycles. The van der Waals surface area contributed by atoms with Crippen molar-refractivity contribution in [1.82, 2.24) is 19.5 Å². The van der Waals surface area contributed by atoms with E-state index in [2.05, 4.69) is 20.3 Å². The summed E-state index contributed by atoms with van der Waals surface area (Å²) in [5.41, 5.74) is 0.638. The van der Waals surface area contributed by atoms with Crippen molar-refractivity contribution in [2.75, 3.05) is 11.9 Å². The lowest BCUT2D eigenvalue weighted by molar-refractivity contribution is -0.158. The number of hydrogen-bond donors (Lipinski definition) is 2. The van der Waals surface area contributed by atoms with Gasteiger partial charge in [0.25, 0.3) is 0 Å². The van der Waals surface area contributed by atoms with Crippen molar-refractivity contribution in [3.63, 3.8) is 0 Å². The molecule has 0 aromatic carbocycles. The van der Waals surface area contributed by atoms with Crippen molar-refractivity contribution >= 4 is 36.7 Å². The Balaban J connectivity index is 1.68. The summed E-state index contributed by atoms with van der Waals surface area (Å²) in [6.07, 6.45) is 0.639. The van der Waals surface area contributed by atoms with Crippen LogP contribution in [-0.4, -0.2) is 61.2 Å². The first kappa shape index (κ1) is 22.7. The number of anilines is 1. The van der Waals surface area contributed by atoms with Crippen LogP contribution in [0.2, 0.25) is 0 Å². The molecule has 2 N–H and O–H groups in total. The number of aromatic nitrogens is 4. The van der Waals surface area contributed by atoms with Gasteiger partial charge < -0.3 is 19.7 Å². The Hall–Kier alpha value is -2.44. The largest absolute Gasteiger partial charge is 0.472 e. The second-order valence-electron chi connectivity index (χ2n) is 7.45. The van der Waals surface area contributed by atoms with Gasteiger partial charge in [-0.3, -0.25) is 23.2 Å². The molecule has 0 spiro atoms. The summed E-state index contributed by atoms with van der Waals surface area (Å²) in [5.74, 6) is -0.469. The van der Waals surface area contributed by atoms with E-state index < -0.39 is 38.3 Å². The van der Waals surface area contributed by atoms with Crippen molar-refractivity contribution in [1.29, 1.82) is 0 Å². The van der Waals surface area contributed by atoms with Crippen LogP contribution in [0.1, 0.15) is 45.8 Å². The van der Waals surface area contributed by atoms with E-state index in [0.29, 0.717) is 30.4 Å². The van der Waals surface area contributed by atoms with Gasteiger partial charge in [0.05, 0.1) is 12.9 Å². The first-order valence-electron chi connectivity index (χ1n) is 10.3. The van der Waals surface area contributed by atoms with E-state index in [1.54, 1.807) is 0 Å². The summed E-state index contributed by atoms with van der Waals surface area (Å²) in [5, 5.41) is 2.70. The van der Waals surface area contributed by atoms with Crippen LogP contribution >= 0.6 is 7.82 Å². The van der Waals surface area contributed by atoms with Crippen LogP contribution in [0, 0.1) is 0 Å². The second-order valence-corrected chi connectivity index (χ2v) is 8.85. The van der Waals surface area contributed by atoms with Crippen LogP contribution in [0.5, 0.6) is 0 Å². The van der Waals surface area contributed by atoms with Gasteiger partial charge in [0.15, 0.2) is 29.3 Å². The number of carbonyl (C=O) groups excluding carboxylic acids is 2. The smallest absolute Gasteiger partial charge is 0.455 e. The SMILES string of the molecule is CCCC(=O)Nc1ncnc2c1ncn2C1O[C@@H]2COP(=O)(O)O[C@H]2[C@H]1OC(=O)CCC. The van der Waals surface area contributed by atoms with Gasteiger partial charge in [-0.2, -0.15) is 0 Å². The van der Waals surface area contributed by atoms with Gasteiger partial charge in [0, 0.05) is 12.8 Å². The Morgan fingerprint density at radius 3 is 2.81 bits per heavy atom. The maximum Gasteiger partial charge on any atom is 0.472 e. The zero-order valence-corrected chi connectivity index (χ0v) is 18.4. The molecular weight excluding hydrogens is 445 g/mol. The molecular formula is C18H24N5O8P. The molecule has 0 radical (unpaired) electrons. The minimum absolute atomic E-state index is 0.161. The summed E-state index contributed by atoms with van der Waals surface area (Å²) in [6, 6.07) is 0. The zero-order valence-electron chi connectivity index (χ0n) is 17.5. The Morgan fingerprint density at radius 2 is 2.06 bits per heavy atom. The van der Waals surface area contributed by atoms with Gasteiger partial charge in [-0.05, 0) is 12.8 Å². The van der Waals surface area contributed by atoms with Crippen molar-refractivity contribution in [3.05, 3.63) is 12.7 Å². The highest BCUT2D eigenvalue weighted by atomic mass is 31.2. The maximum atomic E-state index is 12.3. The van der Waals surface area contributed by atoms with Crippen LogP contribution in [0.3, 0.4) is 0 Å². The van der Waals surface area contributed by atoms with Crippen molar-refractivity contribution in [2.24, 2.45) is 0 Å². The molecule has 4 rings (SSSR count). The molecule has 2 aromatic heterocycles. The second kappa shape index (κ2) is 9.20. The Labute approximate surface area is 183 Å². The monoisotopic (exact) mass is 469 g/mol. The summed E-state index contributed by atoms with van der Waals surface area (Å²) in [4.78, 5) is 46.7. The number of nitrogens with zero attached hydrogens (tertiary/aromatic N) is 4. The number of nitrogens with one attached hydrogen (secondary N) is 1. The van der Waals surface area contributed by atoms with Gasteiger partial charge in [-0.1, -0.05) is 13.8 Å². The maximum absolute atomic E-state index is 12.3. The Bertz CT molecular complexity index is 1060. The Kier molecular flexibility index (Phi) is 6.54. The summed E-state index contributed by atoms with van der Waals surface area (Å²) >= 11 is 0. The number of esters is 1. The molecule has 32 heavy (non-hydrogen) atoms. The molecule has 4 heterocycles. The number of imidazole rings is 1. The fourth-order valence-corrected chi connectivity index (χ4v) is 4.60. The summed E-state index contributed by atoms with van der Waals surface area (Å²) in [7, 11) is -4.30. The first-order valence-corrected chi connectivity index (χ1v) is 11.8. The first-order chi connectivity index (χ1) is 15.3. The van der Waals surface area contributed by atoms with E-state index in [9.17, 15) is 19.0 Å². The average molecular weight is 469 g/mol. The third kappa shape index (κ3) is 4.52. The number of ether oxygens (including phenoxy) is 2. The molecule has 174 valence electrons. The van der Waals surface area contributed by atoms with Crippen LogP contribution < -0.4 is 5.32 Å². The van der Waals surface area contributed by atoms with Crippen LogP contribution in [0.15, 0.2) is 12.7 Å². The Morgan fingerprint density at radius 1 is 1.28 bits per heavy atom. The molecule has 0 bridgehead atoms. The lowest BCUT2D eigenvalue weighted by Gasteiger charge is -2.29. The topological polar surface area (TPSA) is 164 Å². The van der Waals surface area contributed by atoms with E-state index in [1.807, 2.05) is 13.8 Å². The quantitative estimate of drug-likeness (QED) is 0.448. The van der Waals surface area contributed by atoms with Gasteiger partial charge >= 0.3 is 13.8 Å². The molecule has 13 nitrogen and oxygen atoms in total. The zero-order chi connectivity index (χ0) is 22.9.